The van der Waals surface area contributed by atoms with Crippen molar-refractivity contribution in [2.45, 2.75) is 20.8 Å². The van der Waals surface area contributed by atoms with Crippen LogP contribution in [0.5, 0.6) is 11.6 Å². The Labute approximate surface area is 122 Å². The lowest BCUT2D eigenvalue weighted by Crippen LogP contribution is -2.02. The van der Waals surface area contributed by atoms with Crippen LogP contribution in [0.15, 0.2) is 18.2 Å². The summed E-state index contributed by atoms with van der Waals surface area (Å²) >= 11 is 0. The molecule has 0 spiro atoms. The topological polar surface area (TPSA) is 90.2 Å². The van der Waals surface area contributed by atoms with E-state index < -0.39 is 4.92 Å². The van der Waals surface area contributed by atoms with Crippen LogP contribution in [-0.4, -0.2) is 21.9 Å². The van der Waals surface area contributed by atoms with Gasteiger partial charge in [-0.2, -0.15) is 4.98 Å². The maximum absolute atomic E-state index is 11.2. The molecule has 0 saturated carbocycles. The molecule has 0 amide bonds. The standard InChI is InChI=1S/C14H16N4O3/c1-8-5-9(2)13(11(6-8)18(19)20)21-12-7-10(3)16-14(15-4)17-12/h5-7H,1-4H3,(H,15,16,17). The molecular weight excluding hydrogens is 272 g/mol. The summed E-state index contributed by atoms with van der Waals surface area (Å²) in [7, 11) is 1.69. The van der Waals surface area contributed by atoms with E-state index in [-0.39, 0.29) is 17.3 Å². The van der Waals surface area contributed by atoms with E-state index in [9.17, 15) is 10.1 Å². The summed E-state index contributed by atoms with van der Waals surface area (Å²) in [6, 6.07) is 4.94. The van der Waals surface area contributed by atoms with Gasteiger partial charge in [0.15, 0.2) is 0 Å². The fourth-order valence-corrected chi connectivity index (χ4v) is 2.01. The van der Waals surface area contributed by atoms with Crippen LogP contribution in [0.1, 0.15) is 16.8 Å². The van der Waals surface area contributed by atoms with Crippen LogP contribution in [0.2, 0.25) is 0 Å². The van der Waals surface area contributed by atoms with Crippen LogP contribution in [-0.2, 0) is 0 Å². The molecule has 1 aromatic carbocycles. The molecule has 0 aliphatic carbocycles. The predicted octanol–water partition coefficient (Wildman–Crippen LogP) is 3.14. The van der Waals surface area contributed by atoms with Crippen molar-refractivity contribution >= 4 is 11.6 Å². The van der Waals surface area contributed by atoms with Crippen LogP contribution in [0.4, 0.5) is 11.6 Å². The summed E-state index contributed by atoms with van der Waals surface area (Å²) in [4.78, 5) is 19.0. The molecule has 0 fully saturated rings. The van der Waals surface area contributed by atoms with Crippen LogP contribution < -0.4 is 10.1 Å². The first-order valence-corrected chi connectivity index (χ1v) is 6.37. The van der Waals surface area contributed by atoms with E-state index in [1.165, 1.54) is 6.07 Å². The molecule has 0 unspecified atom stereocenters. The summed E-state index contributed by atoms with van der Waals surface area (Å²) in [5.74, 6) is 0.866. The first-order chi connectivity index (χ1) is 9.90. The summed E-state index contributed by atoms with van der Waals surface area (Å²) in [6.45, 7) is 5.37. The Morgan fingerprint density at radius 2 is 1.90 bits per heavy atom. The highest BCUT2D eigenvalue weighted by molar-refractivity contribution is 5.55. The molecule has 7 nitrogen and oxygen atoms in total. The van der Waals surface area contributed by atoms with E-state index in [2.05, 4.69) is 15.3 Å². The quantitative estimate of drug-likeness (QED) is 0.686. The van der Waals surface area contributed by atoms with E-state index in [1.54, 1.807) is 33.9 Å². The molecule has 0 aliphatic rings. The van der Waals surface area contributed by atoms with Crippen molar-refractivity contribution < 1.29 is 9.66 Å². The van der Waals surface area contributed by atoms with Crippen molar-refractivity contribution in [3.63, 3.8) is 0 Å². The Morgan fingerprint density at radius 1 is 1.19 bits per heavy atom. The van der Waals surface area contributed by atoms with Gasteiger partial charge in [0.2, 0.25) is 17.6 Å². The lowest BCUT2D eigenvalue weighted by atomic mass is 10.1. The highest BCUT2D eigenvalue weighted by Crippen LogP contribution is 2.35. The zero-order valence-electron chi connectivity index (χ0n) is 12.3. The van der Waals surface area contributed by atoms with E-state index in [0.717, 1.165) is 5.56 Å². The van der Waals surface area contributed by atoms with Gasteiger partial charge in [-0.3, -0.25) is 10.1 Å². The minimum absolute atomic E-state index is 0.0743. The Bertz CT molecular complexity index is 701. The molecule has 0 aliphatic heterocycles. The van der Waals surface area contributed by atoms with Crippen molar-refractivity contribution in [3.8, 4) is 11.6 Å². The number of nitrogens with one attached hydrogen (secondary N) is 1. The maximum Gasteiger partial charge on any atom is 0.312 e. The number of hydrogen-bond donors (Lipinski definition) is 1. The molecule has 110 valence electrons. The highest BCUT2D eigenvalue weighted by Gasteiger charge is 2.20. The fourth-order valence-electron chi connectivity index (χ4n) is 2.01. The number of aryl methyl sites for hydroxylation is 3. The number of nitrogens with zero attached hydrogens (tertiary/aromatic N) is 3. The SMILES string of the molecule is CNc1nc(C)cc(Oc2c(C)cc(C)cc2[N+](=O)[O-])n1. The fraction of sp³-hybridized carbons (Fsp3) is 0.286. The number of rotatable bonds is 4. The second-order valence-electron chi connectivity index (χ2n) is 4.71. The number of nitro benzene ring substituents is 1. The molecule has 2 aromatic rings. The van der Waals surface area contributed by atoms with Gasteiger partial charge in [-0.25, -0.2) is 4.98 Å². The van der Waals surface area contributed by atoms with Crippen LogP contribution in [0, 0.1) is 30.9 Å². The van der Waals surface area contributed by atoms with Crippen molar-refractivity contribution in [3.05, 3.63) is 45.1 Å². The number of anilines is 1. The lowest BCUT2D eigenvalue weighted by Gasteiger charge is -2.10. The minimum Gasteiger partial charge on any atom is -0.431 e. The number of benzene rings is 1. The Balaban J connectivity index is 2.48. The molecule has 2 rings (SSSR count). The van der Waals surface area contributed by atoms with E-state index in [1.807, 2.05) is 6.07 Å². The van der Waals surface area contributed by atoms with Gasteiger partial charge in [-0.05, 0) is 31.9 Å². The van der Waals surface area contributed by atoms with Gasteiger partial charge in [0, 0.05) is 24.9 Å². The lowest BCUT2D eigenvalue weighted by molar-refractivity contribution is -0.385. The summed E-state index contributed by atoms with van der Waals surface area (Å²) in [5.41, 5.74) is 2.12. The van der Waals surface area contributed by atoms with Crippen molar-refractivity contribution in [1.29, 1.82) is 0 Å². The van der Waals surface area contributed by atoms with Gasteiger partial charge < -0.3 is 10.1 Å². The van der Waals surface area contributed by atoms with E-state index in [4.69, 9.17) is 4.74 Å². The second kappa shape index (κ2) is 5.74. The second-order valence-corrected chi connectivity index (χ2v) is 4.71. The van der Waals surface area contributed by atoms with Crippen LogP contribution >= 0.6 is 0 Å². The van der Waals surface area contributed by atoms with Gasteiger partial charge in [-0.15, -0.1) is 0 Å². The van der Waals surface area contributed by atoms with Crippen molar-refractivity contribution in [2.24, 2.45) is 0 Å². The third kappa shape index (κ3) is 3.25. The van der Waals surface area contributed by atoms with Gasteiger partial charge in [0.05, 0.1) is 4.92 Å². The first kappa shape index (κ1) is 14.7. The average molecular weight is 288 g/mol. The third-order valence-electron chi connectivity index (χ3n) is 2.86. The van der Waals surface area contributed by atoms with Crippen LogP contribution in [0.3, 0.4) is 0 Å². The van der Waals surface area contributed by atoms with E-state index in [0.29, 0.717) is 17.2 Å². The number of hydrogen-bond acceptors (Lipinski definition) is 6. The first-order valence-electron chi connectivity index (χ1n) is 6.37. The van der Waals surface area contributed by atoms with Crippen LogP contribution in [0.25, 0.3) is 0 Å². The predicted molar refractivity (Wildman–Crippen MR) is 79.0 cm³/mol. The van der Waals surface area contributed by atoms with Gasteiger partial charge >= 0.3 is 5.69 Å². The molecule has 0 atom stereocenters. The van der Waals surface area contributed by atoms with E-state index >= 15 is 0 Å². The molecule has 1 aromatic heterocycles. The number of aromatic nitrogens is 2. The zero-order chi connectivity index (χ0) is 15.6. The zero-order valence-corrected chi connectivity index (χ0v) is 12.3. The molecule has 0 bridgehead atoms. The molecule has 21 heavy (non-hydrogen) atoms. The van der Waals surface area contributed by atoms with Gasteiger partial charge in [0.1, 0.15) is 0 Å². The average Bonchev–Trinajstić information content (AvgIpc) is 2.40. The molecule has 1 heterocycles. The largest absolute Gasteiger partial charge is 0.431 e. The Morgan fingerprint density at radius 3 is 2.52 bits per heavy atom. The summed E-state index contributed by atoms with van der Waals surface area (Å²) < 4.78 is 5.65. The minimum atomic E-state index is -0.456. The van der Waals surface area contributed by atoms with Crippen molar-refractivity contribution in [1.82, 2.24) is 9.97 Å². The monoisotopic (exact) mass is 288 g/mol. The van der Waals surface area contributed by atoms with Gasteiger partial charge in [-0.1, -0.05) is 6.07 Å². The number of nitro groups is 1. The Hall–Kier alpha value is -2.70. The smallest absolute Gasteiger partial charge is 0.312 e. The Kier molecular flexibility index (Phi) is 4.02. The molecule has 1 N–H and O–H groups in total. The highest BCUT2D eigenvalue weighted by atomic mass is 16.6. The molecule has 0 saturated heterocycles. The molecule has 0 radical (unpaired) electrons. The van der Waals surface area contributed by atoms with Crippen molar-refractivity contribution in [2.75, 3.05) is 12.4 Å². The van der Waals surface area contributed by atoms with Gasteiger partial charge in [0.25, 0.3) is 0 Å². The normalized spacial score (nSPS) is 10.3. The molecular formula is C14H16N4O3. The molecule has 7 heteroatoms. The maximum atomic E-state index is 11.2. The number of ether oxygens (including phenoxy) is 1. The summed E-state index contributed by atoms with van der Waals surface area (Å²) in [5, 5.41) is 14.0. The summed E-state index contributed by atoms with van der Waals surface area (Å²) in [6.07, 6.45) is 0. The third-order valence-corrected chi connectivity index (χ3v) is 2.86.